The van der Waals surface area contributed by atoms with Crippen LogP contribution in [0.4, 0.5) is 0 Å². The van der Waals surface area contributed by atoms with Crippen LogP contribution in [-0.2, 0) is 20.0 Å². The van der Waals surface area contributed by atoms with Crippen molar-refractivity contribution in [2.45, 2.75) is 25.9 Å². The first-order chi connectivity index (χ1) is 11.7. The third-order valence-corrected chi connectivity index (χ3v) is 4.99. The number of imidazole rings is 1. The molecule has 2 aromatic rings. The summed E-state index contributed by atoms with van der Waals surface area (Å²) in [5, 5.41) is 0. The third kappa shape index (κ3) is 4.16. The van der Waals surface area contributed by atoms with E-state index >= 15 is 0 Å². The van der Waals surface area contributed by atoms with E-state index in [4.69, 9.17) is 4.74 Å². The molecule has 0 aliphatic carbocycles. The van der Waals surface area contributed by atoms with Gasteiger partial charge in [-0.3, -0.25) is 4.90 Å². The highest BCUT2D eigenvalue weighted by Gasteiger charge is 2.24. The molecule has 0 bridgehead atoms. The summed E-state index contributed by atoms with van der Waals surface area (Å²) in [6.45, 7) is 7.74. The second-order valence-electron chi connectivity index (χ2n) is 6.67. The molecule has 24 heavy (non-hydrogen) atoms. The Kier molecular flexibility index (Phi) is 5.53. The zero-order valence-corrected chi connectivity index (χ0v) is 15.0. The van der Waals surface area contributed by atoms with Gasteiger partial charge in [0, 0.05) is 51.7 Å². The standard InChI is InChI=1S/C19H28N4O/c1-16-14-22(10-8-17-4-6-18(24-3)7-5-17)12-13-23(16)15-19-20-9-11-21(19)2/h4-7,9,11,16H,8,10,12-15H2,1-3H3/t16-/m0/s1. The average Bonchev–Trinajstić information content (AvgIpc) is 3.00. The summed E-state index contributed by atoms with van der Waals surface area (Å²) in [6.07, 6.45) is 4.99. The molecule has 0 spiro atoms. The lowest BCUT2D eigenvalue weighted by Gasteiger charge is -2.39. The van der Waals surface area contributed by atoms with Gasteiger partial charge >= 0.3 is 0 Å². The first-order valence-corrected chi connectivity index (χ1v) is 8.71. The van der Waals surface area contributed by atoms with Gasteiger partial charge in [-0.1, -0.05) is 12.1 Å². The summed E-state index contributed by atoms with van der Waals surface area (Å²) in [7, 11) is 3.78. The predicted molar refractivity (Wildman–Crippen MR) is 96.2 cm³/mol. The number of rotatable bonds is 6. The van der Waals surface area contributed by atoms with Gasteiger partial charge < -0.3 is 14.2 Å². The highest BCUT2D eigenvalue weighted by molar-refractivity contribution is 5.27. The number of methoxy groups -OCH3 is 1. The van der Waals surface area contributed by atoms with Crippen molar-refractivity contribution < 1.29 is 4.74 Å². The van der Waals surface area contributed by atoms with Crippen molar-refractivity contribution in [1.82, 2.24) is 19.4 Å². The summed E-state index contributed by atoms with van der Waals surface area (Å²) in [5.41, 5.74) is 1.37. The van der Waals surface area contributed by atoms with Crippen molar-refractivity contribution in [2.24, 2.45) is 7.05 Å². The van der Waals surface area contributed by atoms with Crippen molar-refractivity contribution in [2.75, 3.05) is 33.3 Å². The fourth-order valence-electron chi connectivity index (χ4n) is 3.32. The van der Waals surface area contributed by atoms with Gasteiger partial charge in [0.2, 0.25) is 0 Å². The topological polar surface area (TPSA) is 33.5 Å². The molecule has 1 atom stereocenters. The molecule has 0 saturated carbocycles. The van der Waals surface area contributed by atoms with E-state index in [2.05, 4.69) is 45.5 Å². The summed E-state index contributed by atoms with van der Waals surface area (Å²) in [5.74, 6) is 2.07. The number of nitrogens with zero attached hydrogens (tertiary/aromatic N) is 4. The van der Waals surface area contributed by atoms with Crippen LogP contribution in [0.1, 0.15) is 18.3 Å². The fraction of sp³-hybridized carbons (Fsp3) is 0.526. The second-order valence-corrected chi connectivity index (χ2v) is 6.67. The lowest BCUT2D eigenvalue weighted by molar-refractivity contribution is 0.0758. The molecule has 0 radical (unpaired) electrons. The van der Waals surface area contributed by atoms with Crippen LogP contribution in [-0.4, -0.2) is 58.7 Å². The molecule has 0 N–H and O–H groups in total. The van der Waals surface area contributed by atoms with E-state index in [9.17, 15) is 0 Å². The molecular formula is C19H28N4O. The lowest BCUT2D eigenvalue weighted by Crippen LogP contribution is -2.51. The van der Waals surface area contributed by atoms with Crippen LogP contribution in [0, 0.1) is 0 Å². The molecule has 1 saturated heterocycles. The Bertz CT molecular complexity index is 637. The van der Waals surface area contributed by atoms with Crippen molar-refractivity contribution in [1.29, 1.82) is 0 Å². The molecule has 0 unspecified atom stereocenters. The minimum atomic E-state index is 0.561. The molecule has 0 amide bonds. The Morgan fingerprint density at radius 3 is 2.62 bits per heavy atom. The number of benzene rings is 1. The maximum Gasteiger partial charge on any atom is 0.122 e. The van der Waals surface area contributed by atoms with Crippen molar-refractivity contribution in [3.05, 3.63) is 48.0 Å². The number of hydrogen-bond donors (Lipinski definition) is 0. The zero-order valence-electron chi connectivity index (χ0n) is 15.0. The number of ether oxygens (including phenoxy) is 1. The van der Waals surface area contributed by atoms with Crippen LogP contribution in [0.5, 0.6) is 5.75 Å². The van der Waals surface area contributed by atoms with Crippen LogP contribution >= 0.6 is 0 Å². The molecule has 130 valence electrons. The van der Waals surface area contributed by atoms with Crippen LogP contribution in [0.2, 0.25) is 0 Å². The van der Waals surface area contributed by atoms with Gasteiger partial charge in [0.15, 0.2) is 0 Å². The maximum absolute atomic E-state index is 5.22. The van der Waals surface area contributed by atoms with E-state index in [0.29, 0.717) is 6.04 Å². The molecule has 2 heterocycles. The Morgan fingerprint density at radius 1 is 1.21 bits per heavy atom. The molecule has 3 rings (SSSR count). The van der Waals surface area contributed by atoms with Crippen LogP contribution in [0.15, 0.2) is 36.7 Å². The fourth-order valence-corrected chi connectivity index (χ4v) is 3.32. The average molecular weight is 328 g/mol. The molecule has 5 heteroatoms. The zero-order chi connectivity index (χ0) is 16.9. The van der Waals surface area contributed by atoms with Gasteiger partial charge in [0.1, 0.15) is 11.6 Å². The van der Waals surface area contributed by atoms with Gasteiger partial charge in [-0.25, -0.2) is 4.98 Å². The lowest BCUT2D eigenvalue weighted by atomic mass is 10.1. The summed E-state index contributed by atoms with van der Waals surface area (Å²) < 4.78 is 7.33. The number of aryl methyl sites for hydroxylation is 1. The van der Waals surface area contributed by atoms with E-state index < -0.39 is 0 Å². The quantitative estimate of drug-likeness (QED) is 0.814. The van der Waals surface area contributed by atoms with Gasteiger partial charge in [0.05, 0.1) is 13.7 Å². The van der Waals surface area contributed by atoms with E-state index in [0.717, 1.165) is 50.7 Å². The number of aromatic nitrogens is 2. The van der Waals surface area contributed by atoms with Gasteiger partial charge in [-0.15, -0.1) is 0 Å². The monoisotopic (exact) mass is 328 g/mol. The molecule has 1 aromatic carbocycles. The highest BCUT2D eigenvalue weighted by Crippen LogP contribution is 2.15. The predicted octanol–water partition coefficient (Wildman–Crippen LogP) is 2.18. The van der Waals surface area contributed by atoms with E-state index in [1.54, 1.807) is 7.11 Å². The Labute approximate surface area is 144 Å². The smallest absolute Gasteiger partial charge is 0.122 e. The SMILES string of the molecule is COc1ccc(CCN2CCN(Cc3nccn3C)[C@@H](C)C2)cc1. The van der Waals surface area contributed by atoms with Crippen molar-refractivity contribution in [3.63, 3.8) is 0 Å². The first kappa shape index (κ1) is 17.0. The Morgan fingerprint density at radius 2 is 2.00 bits per heavy atom. The van der Waals surface area contributed by atoms with Crippen LogP contribution in [0.3, 0.4) is 0 Å². The molecule has 1 aliphatic heterocycles. The van der Waals surface area contributed by atoms with E-state index in [1.165, 1.54) is 5.56 Å². The van der Waals surface area contributed by atoms with Gasteiger partial charge in [-0.05, 0) is 31.0 Å². The largest absolute Gasteiger partial charge is 0.497 e. The molecular weight excluding hydrogens is 300 g/mol. The van der Waals surface area contributed by atoms with E-state index in [1.807, 2.05) is 24.5 Å². The van der Waals surface area contributed by atoms with Crippen LogP contribution < -0.4 is 4.74 Å². The molecule has 5 nitrogen and oxygen atoms in total. The maximum atomic E-state index is 5.22. The highest BCUT2D eigenvalue weighted by atomic mass is 16.5. The molecule has 1 aromatic heterocycles. The van der Waals surface area contributed by atoms with E-state index in [-0.39, 0.29) is 0 Å². The second kappa shape index (κ2) is 7.81. The normalized spacial score (nSPS) is 19.5. The third-order valence-electron chi connectivity index (χ3n) is 4.99. The van der Waals surface area contributed by atoms with Crippen LogP contribution in [0.25, 0.3) is 0 Å². The molecule has 1 fully saturated rings. The van der Waals surface area contributed by atoms with Gasteiger partial charge in [-0.2, -0.15) is 0 Å². The Hall–Kier alpha value is -1.85. The summed E-state index contributed by atoms with van der Waals surface area (Å²) in [4.78, 5) is 9.56. The summed E-state index contributed by atoms with van der Waals surface area (Å²) >= 11 is 0. The number of piperazine rings is 1. The Balaban J connectivity index is 1.47. The molecule has 1 aliphatic rings. The first-order valence-electron chi connectivity index (χ1n) is 8.71. The minimum Gasteiger partial charge on any atom is -0.497 e. The van der Waals surface area contributed by atoms with Crippen molar-refractivity contribution >= 4 is 0 Å². The van der Waals surface area contributed by atoms with Crippen molar-refractivity contribution in [3.8, 4) is 5.75 Å². The minimum absolute atomic E-state index is 0.561. The van der Waals surface area contributed by atoms with Gasteiger partial charge in [0.25, 0.3) is 0 Å². The number of hydrogen-bond acceptors (Lipinski definition) is 4. The summed E-state index contributed by atoms with van der Waals surface area (Å²) in [6, 6.07) is 8.98.